The van der Waals surface area contributed by atoms with Crippen LogP contribution in [0.15, 0.2) is 35.2 Å². The molecule has 1 amide bonds. The first-order chi connectivity index (χ1) is 11.3. The molecule has 2 aromatic rings. The van der Waals surface area contributed by atoms with Crippen LogP contribution in [0.5, 0.6) is 0 Å². The summed E-state index contributed by atoms with van der Waals surface area (Å²) in [5.41, 5.74) is 0. The largest absolute Gasteiger partial charge is 0.467 e. The number of carbonyl (C=O) groups excluding carboxylic acids is 1. The van der Waals surface area contributed by atoms with Crippen molar-refractivity contribution in [1.82, 2.24) is 14.5 Å². The quantitative estimate of drug-likeness (QED) is 0.845. The first-order valence-electron chi connectivity index (χ1n) is 8.56. The Hall–Kier alpha value is -2.04. The summed E-state index contributed by atoms with van der Waals surface area (Å²) in [6, 6.07) is 4.01. The third-order valence-electron chi connectivity index (χ3n) is 4.66. The van der Waals surface area contributed by atoms with Crippen LogP contribution in [-0.4, -0.2) is 26.9 Å². The summed E-state index contributed by atoms with van der Waals surface area (Å²) < 4.78 is 7.68. The van der Waals surface area contributed by atoms with Gasteiger partial charge in [-0.25, -0.2) is 4.98 Å². The molecule has 1 saturated heterocycles. The molecule has 2 aromatic heterocycles. The lowest BCUT2D eigenvalue weighted by atomic mass is 10.1. The minimum Gasteiger partial charge on any atom is -0.467 e. The molecule has 0 saturated carbocycles. The SMILES string of the molecule is Cc1nccn1CCCC(=O)N1CCCCCC1c1ccco1. The number of carbonyl (C=O) groups is 1. The van der Waals surface area contributed by atoms with Crippen LogP contribution in [0.25, 0.3) is 0 Å². The summed E-state index contributed by atoms with van der Waals surface area (Å²) in [4.78, 5) is 19.0. The number of amides is 1. The average molecular weight is 315 g/mol. The van der Waals surface area contributed by atoms with Gasteiger partial charge in [-0.15, -0.1) is 0 Å². The van der Waals surface area contributed by atoms with E-state index in [2.05, 4.69) is 9.55 Å². The van der Waals surface area contributed by atoms with Crippen LogP contribution in [0.2, 0.25) is 0 Å². The van der Waals surface area contributed by atoms with Gasteiger partial charge >= 0.3 is 0 Å². The second-order valence-corrected chi connectivity index (χ2v) is 6.24. The molecule has 0 aliphatic carbocycles. The van der Waals surface area contributed by atoms with Crippen LogP contribution in [0.3, 0.4) is 0 Å². The normalized spacial score (nSPS) is 18.8. The van der Waals surface area contributed by atoms with Gasteiger partial charge in [-0.2, -0.15) is 0 Å². The highest BCUT2D eigenvalue weighted by Crippen LogP contribution is 2.31. The van der Waals surface area contributed by atoms with Gasteiger partial charge in [0.2, 0.25) is 5.91 Å². The third kappa shape index (κ3) is 3.84. The van der Waals surface area contributed by atoms with Gasteiger partial charge in [0.05, 0.1) is 12.3 Å². The molecule has 1 aliphatic rings. The molecule has 23 heavy (non-hydrogen) atoms. The van der Waals surface area contributed by atoms with Gasteiger partial charge in [0.25, 0.3) is 0 Å². The fourth-order valence-electron chi connectivity index (χ4n) is 3.37. The fraction of sp³-hybridized carbons (Fsp3) is 0.556. The number of furan rings is 1. The molecule has 3 heterocycles. The highest BCUT2D eigenvalue weighted by atomic mass is 16.3. The van der Waals surface area contributed by atoms with E-state index in [1.165, 1.54) is 6.42 Å². The molecule has 3 rings (SSSR count). The first-order valence-corrected chi connectivity index (χ1v) is 8.56. The summed E-state index contributed by atoms with van der Waals surface area (Å²) in [5.74, 6) is 2.16. The highest BCUT2D eigenvalue weighted by molar-refractivity contribution is 5.76. The minimum absolute atomic E-state index is 0.106. The van der Waals surface area contributed by atoms with Crippen molar-refractivity contribution in [3.05, 3.63) is 42.4 Å². The smallest absolute Gasteiger partial charge is 0.223 e. The summed E-state index contributed by atoms with van der Waals surface area (Å²) >= 11 is 0. The van der Waals surface area contributed by atoms with Gasteiger partial charge in [0.15, 0.2) is 0 Å². The molecule has 1 unspecified atom stereocenters. The van der Waals surface area contributed by atoms with E-state index >= 15 is 0 Å². The maximum absolute atomic E-state index is 12.7. The van der Waals surface area contributed by atoms with Crippen LogP contribution >= 0.6 is 0 Å². The molecule has 1 atom stereocenters. The maximum Gasteiger partial charge on any atom is 0.223 e. The van der Waals surface area contributed by atoms with Crippen molar-refractivity contribution in [2.24, 2.45) is 0 Å². The number of hydrogen-bond donors (Lipinski definition) is 0. The molecule has 0 aromatic carbocycles. The number of aromatic nitrogens is 2. The Balaban J connectivity index is 1.60. The zero-order chi connectivity index (χ0) is 16.1. The Bertz CT molecular complexity index is 618. The van der Waals surface area contributed by atoms with Crippen molar-refractivity contribution in [3.8, 4) is 0 Å². The van der Waals surface area contributed by atoms with Gasteiger partial charge in [0, 0.05) is 31.9 Å². The molecule has 5 heteroatoms. The Kier molecular flexibility index (Phi) is 5.16. The highest BCUT2D eigenvalue weighted by Gasteiger charge is 2.28. The summed E-state index contributed by atoms with van der Waals surface area (Å²) in [5, 5.41) is 0. The summed E-state index contributed by atoms with van der Waals surface area (Å²) in [6.45, 7) is 3.68. The minimum atomic E-state index is 0.106. The molecular formula is C18H25N3O2. The van der Waals surface area contributed by atoms with Crippen LogP contribution in [0.4, 0.5) is 0 Å². The van der Waals surface area contributed by atoms with Gasteiger partial charge in [-0.05, 0) is 38.3 Å². The number of imidazole rings is 1. The monoisotopic (exact) mass is 315 g/mol. The van der Waals surface area contributed by atoms with E-state index in [1.54, 1.807) is 12.5 Å². The zero-order valence-corrected chi connectivity index (χ0v) is 13.8. The summed E-state index contributed by atoms with van der Waals surface area (Å²) in [7, 11) is 0. The number of hydrogen-bond acceptors (Lipinski definition) is 3. The lowest BCUT2D eigenvalue weighted by Gasteiger charge is -2.28. The molecular weight excluding hydrogens is 290 g/mol. The van der Waals surface area contributed by atoms with Crippen molar-refractivity contribution in [2.45, 2.75) is 58.0 Å². The third-order valence-corrected chi connectivity index (χ3v) is 4.66. The molecule has 1 aliphatic heterocycles. The van der Waals surface area contributed by atoms with E-state index in [1.807, 2.05) is 30.2 Å². The Morgan fingerprint density at radius 3 is 3.04 bits per heavy atom. The van der Waals surface area contributed by atoms with Crippen molar-refractivity contribution < 1.29 is 9.21 Å². The number of rotatable bonds is 5. The first kappa shape index (κ1) is 15.8. The van der Waals surface area contributed by atoms with Crippen LogP contribution in [-0.2, 0) is 11.3 Å². The van der Waals surface area contributed by atoms with Gasteiger partial charge in [-0.1, -0.05) is 12.8 Å². The molecule has 0 bridgehead atoms. The van der Waals surface area contributed by atoms with Gasteiger partial charge in [-0.3, -0.25) is 4.79 Å². The van der Waals surface area contributed by atoms with E-state index in [0.29, 0.717) is 6.42 Å². The standard InChI is InChI=1S/C18H25N3O2/c1-15-19-10-13-20(15)11-5-9-18(22)21-12-4-2-3-7-16(21)17-8-6-14-23-17/h6,8,10,13-14,16H,2-5,7,9,11-12H2,1H3. The molecule has 0 spiro atoms. The molecule has 124 valence electrons. The predicted octanol–water partition coefficient (Wildman–Crippen LogP) is 3.71. The zero-order valence-electron chi connectivity index (χ0n) is 13.8. The lowest BCUT2D eigenvalue weighted by molar-refractivity contribution is -0.134. The van der Waals surface area contributed by atoms with E-state index in [-0.39, 0.29) is 11.9 Å². The Morgan fingerprint density at radius 2 is 2.30 bits per heavy atom. The topological polar surface area (TPSA) is 51.3 Å². The van der Waals surface area contributed by atoms with Crippen molar-refractivity contribution in [2.75, 3.05) is 6.54 Å². The van der Waals surface area contributed by atoms with Crippen LogP contribution in [0.1, 0.15) is 56.2 Å². The van der Waals surface area contributed by atoms with Gasteiger partial charge < -0.3 is 13.9 Å². The lowest BCUT2D eigenvalue weighted by Crippen LogP contribution is -2.34. The number of likely N-dealkylation sites (tertiary alicyclic amines) is 1. The fourth-order valence-corrected chi connectivity index (χ4v) is 3.37. The molecule has 1 fully saturated rings. The summed E-state index contributed by atoms with van der Waals surface area (Å²) in [6.07, 6.45) is 11.3. The van der Waals surface area contributed by atoms with Crippen molar-refractivity contribution in [1.29, 1.82) is 0 Å². The van der Waals surface area contributed by atoms with Gasteiger partial charge in [0.1, 0.15) is 11.6 Å². The van der Waals surface area contributed by atoms with Crippen LogP contribution < -0.4 is 0 Å². The Morgan fingerprint density at radius 1 is 1.39 bits per heavy atom. The van der Waals surface area contributed by atoms with E-state index in [9.17, 15) is 4.79 Å². The number of nitrogens with zero attached hydrogens (tertiary/aromatic N) is 3. The number of aryl methyl sites for hydroxylation is 2. The van der Waals surface area contributed by atoms with Crippen molar-refractivity contribution >= 4 is 5.91 Å². The molecule has 0 radical (unpaired) electrons. The Labute approximate surface area is 137 Å². The van der Waals surface area contributed by atoms with Crippen LogP contribution in [0, 0.1) is 6.92 Å². The van der Waals surface area contributed by atoms with Crippen molar-refractivity contribution in [3.63, 3.8) is 0 Å². The maximum atomic E-state index is 12.7. The molecule has 0 N–H and O–H groups in total. The predicted molar refractivity (Wildman–Crippen MR) is 87.8 cm³/mol. The second-order valence-electron chi connectivity index (χ2n) is 6.24. The van der Waals surface area contributed by atoms with E-state index in [0.717, 1.165) is 50.4 Å². The second kappa shape index (κ2) is 7.49. The van der Waals surface area contributed by atoms with E-state index in [4.69, 9.17) is 4.42 Å². The van der Waals surface area contributed by atoms with E-state index < -0.39 is 0 Å². The average Bonchev–Trinajstić information content (AvgIpc) is 3.14. The molecule has 5 nitrogen and oxygen atoms in total.